The maximum absolute atomic E-state index is 12.3. The minimum atomic E-state index is -1.13. The van der Waals surface area contributed by atoms with Crippen LogP contribution < -0.4 is 0 Å². The number of carbonyl (C=O) groups is 2. The Kier molecular flexibility index (Phi) is 5.59. The molecule has 0 aromatic heterocycles. The first-order valence-electron chi connectivity index (χ1n) is 6.22. The highest BCUT2D eigenvalue weighted by molar-refractivity contribution is 5.86. The van der Waals surface area contributed by atoms with Gasteiger partial charge in [-0.05, 0) is 12.5 Å². The summed E-state index contributed by atoms with van der Waals surface area (Å²) in [6, 6.07) is 5.74. The number of carbonyl (C=O) groups excluding carboxylic acids is 1. The van der Waals surface area contributed by atoms with Crippen LogP contribution >= 0.6 is 0 Å². The summed E-state index contributed by atoms with van der Waals surface area (Å²) in [5, 5.41) is 19.6. The van der Waals surface area contributed by atoms with Crippen molar-refractivity contribution in [1.29, 1.82) is 0 Å². The SMILES string of the molecule is C=CCN(CC(=O)O)C(=O)C(C)c1cccc([N+](=O)[O-])c1. The topological polar surface area (TPSA) is 101 Å². The molecule has 7 nitrogen and oxygen atoms in total. The normalized spacial score (nSPS) is 11.5. The molecule has 7 heteroatoms. The third-order valence-electron chi connectivity index (χ3n) is 2.94. The number of benzene rings is 1. The number of rotatable bonds is 7. The molecule has 0 aliphatic carbocycles. The Morgan fingerprint density at radius 2 is 2.19 bits per heavy atom. The van der Waals surface area contributed by atoms with E-state index in [1.807, 2.05) is 0 Å². The summed E-state index contributed by atoms with van der Waals surface area (Å²) in [6.07, 6.45) is 1.43. The zero-order chi connectivity index (χ0) is 16.0. The van der Waals surface area contributed by atoms with Gasteiger partial charge in [0.1, 0.15) is 6.54 Å². The highest BCUT2D eigenvalue weighted by Gasteiger charge is 2.24. The lowest BCUT2D eigenvalue weighted by atomic mass is 9.99. The first kappa shape index (κ1) is 16.4. The van der Waals surface area contributed by atoms with Crippen molar-refractivity contribution in [3.05, 3.63) is 52.6 Å². The molecular weight excluding hydrogens is 276 g/mol. The second kappa shape index (κ2) is 7.18. The Morgan fingerprint density at radius 1 is 1.52 bits per heavy atom. The van der Waals surface area contributed by atoms with Crippen LogP contribution in [0.3, 0.4) is 0 Å². The highest BCUT2D eigenvalue weighted by atomic mass is 16.6. The number of hydrogen-bond acceptors (Lipinski definition) is 4. The molecule has 1 amide bonds. The molecule has 0 spiro atoms. The average Bonchev–Trinajstić information content (AvgIpc) is 2.45. The largest absolute Gasteiger partial charge is 0.480 e. The van der Waals surface area contributed by atoms with Gasteiger partial charge in [0.2, 0.25) is 5.91 Å². The molecule has 112 valence electrons. The maximum Gasteiger partial charge on any atom is 0.323 e. The minimum Gasteiger partial charge on any atom is -0.480 e. The van der Waals surface area contributed by atoms with Crippen molar-refractivity contribution in [2.45, 2.75) is 12.8 Å². The van der Waals surface area contributed by atoms with E-state index in [2.05, 4.69) is 6.58 Å². The third-order valence-corrected chi connectivity index (χ3v) is 2.94. The predicted octanol–water partition coefficient (Wildman–Crippen LogP) is 1.80. The van der Waals surface area contributed by atoms with E-state index in [1.165, 1.54) is 24.3 Å². The zero-order valence-corrected chi connectivity index (χ0v) is 11.6. The van der Waals surface area contributed by atoms with Gasteiger partial charge in [-0.3, -0.25) is 19.7 Å². The molecule has 0 aliphatic rings. The van der Waals surface area contributed by atoms with Crippen molar-refractivity contribution in [3.8, 4) is 0 Å². The molecule has 1 rings (SSSR count). The van der Waals surface area contributed by atoms with E-state index in [9.17, 15) is 19.7 Å². The number of carboxylic acid groups (broad SMARTS) is 1. The molecule has 0 heterocycles. The quantitative estimate of drug-likeness (QED) is 0.469. The summed E-state index contributed by atoms with van der Waals surface area (Å²) in [7, 11) is 0. The molecule has 1 unspecified atom stereocenters. The Balaban J connectivity index is 2.98. The van der Waals surface area contributed by atoms with Gasteiger partial charge < -0.3 is 10.0 Å². The van der Waals surface area contributed by atoms with Crippen LogP contribution in [0.1, 0.15) is 18.4 Å². The van der Waals surface area contributed by atoms with E-state index < -0.39 is 29.3 Å². The van der Waals surface area contributed by atoms with Crippen LogP contribution in [0.15, 0.2) is 36.9 Å². The fraction of sp³-hybridized carbons (Fsp3) is 0.286. The number of amides is 1. The van der Waals surface area contributed by atoms with Crippen molar-refractivity contribution < 1.29 is 19.6 Å². The first-order valence-corrected chi connectivity index (χ1v) is 6.22. The van der Waals surface area contributed by atoms with E-state index in [4.69, 9.17) is 5.11 Å². The van der Waals surface area contributed by atoms with Crippen LogP contribution in [0.5, 0.6) is 0 Å². The molecule has 1 aromatic rings. The lowest BCUT2D eigenvalue weighted by Gasteiger charge is -2.23. The van der Waals surface area contributed by atoms with Crippen LogP contribution in [0, 0.1) is 10.1 Å². The number of hydrogen-bond donors (Lipinski definition) is 1. The summed E-state index contributed by atoms with van der Waals surface area (Å²) < 4.78 is 0. The first-order chi connectivity index (χ1) is 9.86. The van der Waals surface area contributed by atoms with Crippen molar-refractivity contribution in [1.82, 2.24) is 4.90 Å². The molecule has 21 heavy (non-hydrogen) atoms. The lowest BCUT2D eigenvalue weighted by molar-refractivity contribution is -0.384. The van der Waals surface area contributed by atoms with Crippen LogP contribution in [-0.4, -0.2) is 39.9 Å². The Bertz CT molecular complexity index is 570. The number of nitrogens with zero attached hydrogens (tertiary/aromatic N) is 2. The Hall–Kier alpha value is -2.70. The number of carboxylic acids is 1. The summed E-state index contributed by atoms with van der Waals surface area (Å²) in [5.74, 6) is -2.22. The van der Waals surface area contributed by atoms with Gasteiger partial charge in [-0.1, -0.05) is 18.2 Å². The molecule has 1 atom stereocenters. The molecule has 0 radical (unpaired) electrons. The molecule has 1 N–H and O–H groups in total. The monoisotopic (exact) mass is 292 g/mol. The molecule has 0 bridgehead atoms. The smallest absolute Gasteiger partial charge is 0.323 e. The zero-order valence-electron chi connectivity index (χ0n) is 11.6. The summed E-state index contributed by atoms with van der Waals surface area (Å²) in [5.41, 5.74) is 0.356. The van der Waals surface area contributed by atoms with Crippen LogP contribution in [-0.2, 0) is 9.59 Å². The molecule has 0 fully saturated rings. The van der Waals surface area contributed by atoms with E-state index >= 15 is 0 Å². The van der Waals surface area contributed by atoms with E-state index in [-0.39, 0.29) is 12.2 Å². The predicted molar refractivity (Wildman–Crippen MR) is 75.9 cm³/mol. The van der Waals surface area contributed by atoms with Crippen molar-refractivity contribution in [2.24, 2.45) is 0 Å². The molecule has 1 aromatic carbocycles. The average molecular weight is 292 g/mol. The van der Waals surface area contributed by atoms with E-state index in [0.29, 0.717) is 5.56 Å². The summed E-state index contributed by atoms with van der Waals surface area (Å²) in [6.45, 7) is 4.73. The van der Waals surface area contributed by atoms with Crippen LogP contribution in [0.25, 0.3) is 0 Å². The minimum absolute atomic E-state index is 0.102. The van der Waals surface area contributed by atoms with Gasteiger partial charge in [-0.25, -0.2) is 0 Å². The van der Waals surface area contributed by atoms with Gasteiger partial charge in [0, 0.05) is 18.7 Å². The van der Waals surface area contributed by atoms with Gasteiger partial charge in [0.05, 0.1) is 10.8 Å². The van der Waals surface area contributed by atoms with E-state index in [1.54, 1.807) is 13.0 Å². The van der Waals surface area contributed by atoms with Gasteiger partial charge in [-0.2, -0.15) is 0 Å². The highest BCUT2D eigenvalue weighted by Crippen LogP contribution is 2.22. The van der Waals surface area contributed by atoms with Crippen LogP contribution in [0.4, 0.5) is 5.69 Å². The van der Waals surface area contributed by atoms with Crippen molar-refractivity contribution in [2.75, 3.05) is 13.1 Å². The standard InChI is InChI=1S/C14H16N2O5/c1-3-7-15(9-13(17)18)14(19)10(2)11-5-4-6-12(8-11)16(20)21/h3-6,8,10H,1,7,9H2,2H3,(H,17,18). The lowest BCUT2D eigenvalue weighted by Crippen LogP contribution is -2.38. The Morgan fingerprint density at radius 3 is 2.71 bits per heavy atom. The number of aliphatic carboxylic acids is 1. The molecule has 0 saturated heterocycles. The maximum atomic E-state index is 12.3. The van der Waals surface area contributed by atoms with Gasteiger partial charge in [-0.15, -0.1) is 6.58 Å². The summed E-state index contributed by atoms with van der Waals surface area (Å²) >= 11 is 0. The number of non-ortho nitro benzene ring substituents is 1. The Labute approximate surface area is 121 Å². The fourth-order valence-electron chi connectivity index (χ4n) is 1.88. The molecule has 0 aliphatic heterocycles. The van der Waals surface area contributed by atoms with E-state index in [0.717, 1.165) is 4.90 Å². The van der Waals surface area contributed by atoms with Gasteiger partial charge >= 0.3 is 5.97 Å². The summed E-state index contributed by atoms with van der Waals surface area (Å²) in [4.78, 5) is 34.4. The number of nitro benzene ring substituents is 1. The second-order valence-corrected chi connectivity index (χ2v) is 4.47. The van der Waals surface area contributed by atoms with Gasteiger partial charge in [0.25, 0.3) is 5.69 Å². The van der Waals surface area contributed by atoms with Crippen molar-refractivity contribution in [3.63, 3.8) is 0 Å². The second-order valence-electron chi connectivity index (χ2n) is 4.47. The molecule has 0 saturated carbocycles. The molecular formula is C14H16N2O5. The van der Waals surface area contributed by atoms with Crippen LogP contribution in [0.2, 0.25) is 0 Å². The van der Waals surface area contributed by atoms with Crippen molar-refractivity contribution >= 4 is 17.6 Å². The number of nitro groups is 1. The fourth-order valence-corrected chi connectivity index (χ4v) is 1.88. The van der Waals surface area contributed by atoms with Gasteiger partial charge in [0.15, 0.2) is 0 Å². The third kappa shape index (κ3) is 4.41.